The number of carboxylic acid groups (broad SMARTS) is 2. The zero-order chi connectivity index (χ0) is 27.5. The summed E-state index contributed by atoms with van der Waals surface area (Å²) >= 11 is 0. The van der Waals surface area contributed by atoms with Crippen LogP contribution in [0.25, 0.3) is 0 Å². The smallest absolute Gasteiger partial charge is 0.326 e. The van der Waals surface area contributed by atoms with E-state index in [0.29, 0.717) is 12.0 Å². The van der Waals surface area contributed by atoms with Gasteiger partial charge in [-0.1, -0.05) is 30.3 Å². The van der Waals surface area contributed by atoms with Gasteiger partial charge in [-0.3, -0.25) is 24.0 Å². The van der Waals surface area contributed by atoms with Crippen LogP contribution in [-0.4, -0.2) is 81.4 Å². The predicted octanol–water partition coefficient (Wildman–Crippen LogP) is -1.27. The van der Waals surface area contributed by atoms with Crippen molar-refractivity contribution in [2.75, 3.05) is 6.54 Å². The Kier molecular flexibility index (Phi) is 11.0. The first-order valence-corrected chi connectivity index (χ1v) is 11.9. The Hall–Kier alpha value is -4.00. The molecule has 4 unspecified atom stereocenters. The number of carboxylic acids is 2. The Morgan fingerprint density at radius 1 is 0.946 bits per heavy atom. The maximum atomic E-state index is 13.3. The Morgan fingerprint density at radius 3 is 2.19 bits per heavy atom. The molecule has 1 aromatic rings. The molecule has 0 aliphatic carbocycles. The molecule has 0 aromatic heterocycles. The van der Waals surface area contributed by atoms with Crippen LogP contribution in [0.15, 0.2) is 30.3 Å². The van der Waals surface area contributed by atoms with Crippen LogP contribution in [0.3, 0.4) is 0 Å². The van der Waals surface area contributed by atoms with Crippen molar-refractivity contribution >= 4 is 35.6 Å². The van der Waals surface area contributed by atoms with Gasteiger partial charge in [-0.25, -0.2) is 4.79 Å². The van der Waals surface area contributed by atoms with Crippen molar-refractivity contribution in [1.82, 2.24) is 15.5 Å². The highest BCUT2D eigenvalue weighted by Crippen LogP contribution is 2.20. The summed E-state index contributed by atoms with van der Waals surface area (Å²) in [5.41, 5.74) is 11.7. The van der Waals surface area contributed by atoms with Crippen molar-refractivity contribution in [1.29, 1.82) is 0 Å². The average molecular weight is 520 g/mol. The highest BCUT2D eigenvalue weighted by atomic mass is 16.4. The van der Waals surface area contributed by atoms with E-state index in [1.54, 1.807) is 30.3 Å². The molecule has 1 aliphatic rings. The lowest BCUT2D eigenvalue weighted by atomic mass is 10.0. The maximum absolute atomic E-state index is 13.3. The van der Waals surface area contributed by atoms with Crippen LogP contribution in [0.5, 0.6) is 0 Å². The maximum Gasteiger partial charge on any atom is 0.326 e. The van der Waals surface area contributed by atoms with Crippen LogP contribution in [0.4, 0.5) is 0 Å². The normalized spacial score (nSPS) is 17.3. The Labute approximate surface area is 213 Å². The van der Waals surface area contributed by atoms with E-state index in [-0.39, 0.29) is 45.1 Å². The Balaban J connectivity index is 2.23. The van der Waals surface area contributed by atoms with E-state index >= 15 is 0 Å². The number of aliphatic carboxylic acids is 2. The van der Waals surface area contributed by atoms with Gasteiger partial charge >= 0.3 is 11.9 Å². The van der Waals surface area contributed by atoms with Crippen LogP contribution >= 0.6 is 0 Å². The van der Waals surface area contributed by atoms with Gasteiger partial charge in [0, 0.05) is 25.8 Å². The van der Waals surface area contributed by atoms with E-state index < -0.39 is 59.7 Å². The third-order valence-electron chi connectivity index (χ3n) is 6.04. The topological polar surface area (TPSA) is 222 Å². The molecule has 0 spiro atoms. The van der Waals surface area contributed by atoms with Gasteiger partial charge < -0.3 is 37.2 Å². The molecule has 202 valence electrons. The number of carbonyl (C=O) groups is 6. The summed E-state index contributed by atoms with van der Waals surface area (Å²) in [5, 5.41) is 23.3. The van der Waals surface area contributed by atoms with Gasteiger partial charge in [-0.15, -0.1) is 0 Å². The number of nitrogens with one attached hydrogen (secondary N) is 2. The lowest BCUT2D eigenvalue weighted by Gasteiger charge is -2.29. The number of rotatable bonds is 14. The number of carbonyl (C=O) groups excluding carboxylic acids is 4. The summed E-state index contributed by atoms with van der Waals surface area (Å²) in [6.07, 6.45) is -0.119. The fraction of sp³-hybridized carbons (Fsp3) is 0.500. The van der Waals surface area contributed by atoms with Gasteiger partial charge in [-0.05, 0) is 31.2 Å². The summed E-state index contributed by atoms with van der Waals surface area (Å²) in [5.74, 6) is -5.17. The van der Waals surface area contributed by atoms with E-state index in [9.17, 15) is 33.9 Å². The van der Waals surface area contributed by atoms with E-state index in [1.165, 1.54) is 0 Å². The zero-order valence-electron chi connectivity index (χ0n) is 20.3. The molecule has 4 atom stereocenters. The lowest BCUT2D eigenvalue weighted by Crippen LogP contribution is -2.57. The predicted molar refractivity (Wildman–Crippen MR) is 130 cm³/mol. The molecule has 0 radical (unpaired) electrons. The first-order chi connectivity index (χ1) is 17.5. The van der Waals surface area contributed by atoms with Gasteiger partial charge in [0.25, 0.3) is 0 Å². The van der Waals surface area contributed by atoms with Crippen molar-refractivity contribution < 1.29 is 39.0 Å². The fourth-order valence-electron chi connectivity index (χ4n) is 4.05. The molecular weight excluding hydrogens is 486 g/mol. The minimum atomic E-state index is -1.25. The van der Waals surface area contributed by atoms with Gasteiger partial charge in [0.2, 0.25) is 23.6 Å². The van der Waals surface area contributed by atoms with Crippen molar-refractivity contribution in [3.05, 3.63) is 35.9 Å². The van der Waals surface area contributed by atoms with Crippen LogP contribution in [0, 0.1) is 0 Å². The molecule has 13 heteroatoms. The first-order valence-electron chi connectivity index (χ1n) is 11.9. The van der Waals surface area contributed by atoms with Gasteiger partial charge in [0.1, 0.15) is 18.1 Å². The minimum absolute atomic E-state index is 0.0300. The number of hydrogen-bond donors (Lipinski definition) is 6. The summed E-state index contributed by atoms with van der Waals surface area (Å²) in [6, 6.07) is 4.03. The molecule has 1 heterocycles. The number of hydrogen-bond acceptors (Lipinski definition) is 7. The zero-order valence-corrected chi connectivity index (χ0v) is 20.3. The molecule has 8 N–H and O–H groups in total. The largest absolute Gasteiger partial charge is 0.481 e. The number of benzene rings is 1. The second-order valence-corrected chi connectivity index (χ2v) is 8.88. The molecule has 1 aromatic carbocycles. The molecule has 1 aliphatic heterocycles. The number of nitrogens with two attached hydrogens (primary N) is 2. The number of primary amides is 1. The average Bonchev–Trinajstić information content (AvgIpc) is 3.35. The molecule has 4 amide bonds. The first kappa shape index (κ1) is 29.2. The van der Waals surface area contributed by atoms with E-state index in [4.69, 9.17) is 16.6 Å². The quantitative estimate of drug-likeness (QED) is 0.172. The van der Waals surface area contributed by atoms with E-state index in [1.807, 2.05) is 0 Å². The molecule has 37 heavy (non-hydrogen) atoms. The van der Waals surface area contributed by atoms with Crippen LogP contribution in [-0.2, 0) is 35.2 Å². The second-order valence-electron chi connectivity index (χ2n) is 8.88. The van der Waals surface area contributed by atoms with Crippen molar-refractivity contribution in [3.8, 4) is 0 Å². The lowest BCUT2D eigenvalue weighted by molar-refractivity contribution is -0.149. The molecule has 1 saturated heterocycles. The fourth-order valence-corrected chi connectivity index (χ4v) is 4.05. The third kappa shape index (κ3) is 9.18. The Morgan fingerprint density at radius 2 is 1.59 bits per heavy atom. The van der Waals surface area contributed by atoms with Gasteiger partial charge in [0.15, 0.2) is 0 Å². The van der Waals surface area contributed by atoms with Crippen LogP contribution in [0.2, 0.25) is 0 Å². The molecule has 0 saturated carbocycles. The van der Waals surface area contributed by atoms with Crippen molar-refractivity contribution in [2.45, 2.75) is 69.1 Å². The highest BCUT2D eigenvalue weighted by Gasteiger charge is 2.38. The molecule has 2 rings (SSSR count). The number of amides is 4. The van der Waals surface area contributed by atoms with Gasteiger partial charge in [0.05, 0.1) is 6.04 Å². The number of nitrogens with zero attached hydrogens (tertiary/aromatic N) is 1. The van der Waals surface area contributed by atoms with Crippen molar-refractivity contribution in [3.63, 3.8) is 0 Å². The van der Waals surface area contributed by atoms with Crippen LogP contribution in [0.1, 0.15) is 44.1 Å². The Bertz CT molecular complexity index is 1000. The van der Waals surface area contributed by atoms with Gasteiger partial charge in [-0.2, -0.15) is 0 Å². The molecular formula is C24H33N5O8. The molecule has 1 fully saturated rings. The molecule has 0 bridgehead atoms. The minimum Gasteiger partial charge on any atom is -0.481 e. The standard InChI is InChI=1S/C24H33N5O8/c25-15(8-11-20(31)32)21(33)28-17(13-14-5-2-1-3-6-14)22(34)27-16(9-10-19(26)30)23(35)29-12-4-7-18(29)24(36)37/h1-3,5-6,15-18H,4,7-13,25H2,(H2,26,30)(H,27,34)(H,28,33)(H,31,32)(H,36,37). The summed E-state index contributed by atoms with van der Waals surface area (Å²) in [4.78, 5) is 74.0. The summed E-state index contributed by atoms with van der Waals surface area (Å²) < 4.78 is 0. The number of likely N-dealkylation sites (tertiary alicyclic amines) is 1. The monoisotopic (exact) mass is 519 g/mol. The summed E-state index contributed by atoms with van der Waals surface area (Å²) in [7, 11) is 0. The third-order valence-corrected chi connectivity index (χ3v) is 6.04. The summed E-state index contributed by atoms with van der Waals surface area (Å²) in [6.45, 7) is 0.182. The SMILES string of the molecule is NC(=O)CCC(NC(=O)C(Cc1ccccc1)NC(=O)C(N)CCC(=O)O)C(=O)N1CCCC1C(=O)O. The highest BCUT2D eigenvalue weighted by molar-refractivity contribution is 5.94. The van der Waals surface area contributed by atoms with Crippen LogP contribution < -0.4 is 22.1 Å². The van der Waals surface area contributed by atoms with Crippen molar-refractivity contribution in [2.24, 2.45) is 11.5 Å². The van der Waals surface area contributed by atoms with E-state index in [0.717, 1.165) is 4.90 Å². The van der Waals surface area contributed by atoms with E-state index in [2.05, 4.69) is 10.6 Å². The second kappa shape index (κ2) is 13.9. The molecule has 13 nitrogen and oxygen atoms in total.